The number of rotatable bonds is 6. The van der Waals surface area contributed by atoms with E-state index in [1.165, 1.54) is 0 Å². The first kappa shape index (κ1) is 17.8. The number of benzene rings is 2. The van der Waals surface area contributed by atoms with E-state index in [0.29, 0.717) is 41.5 Å². The Balaban J connectivity index is 1.55. The van der Waals surface area contributed by atoms with Crippen molar-refractivity contribution in [3.63, 3.8) is 0 Å². The fourth-order valence-corrected chi connectivity index (χ4v) is 3.08. The minimum atomic E-state index is -0.962. The van der Waals surface area contributed by atoms with Crippen molar-refractivity contribution in [3.8, 4) is 0 Å². The van der Waals surface area contributed by atoms with E-state index in [-0.39, 0.29) is 11.8 Å². The third-order valence-corrected chi connectivity index (χ3v) is 4.76. The van der Waals surface area contributed by atoms with Crippen LogP contribution in [0.25, 0.3) is 0 Å². The standard InChI is InChI=1S/C19H18Cl2N2O2/c20-14-4-1-3-13(11-14)7-10-22-17(24)19(8-9-19)18(25)23-16-6-2-5-15(21)12-16/h1-6,11-12H,7-10H2,(H,22,24)(H,23,25). The number of halogens is 2. The second kappa shape index (κ2) is 7.46. The summed E-state index contributed by atoms with van der Waals surface area (Å²) in [6.07, 6.45) is 1.78. The van der Waals surface area contributed by atoms with Crippen molar-refractivity contribution in [2.45, 2.75) is 19.3 Å². The summed E-state index contributed by atoms with van der Waals surface area (Å²) in [5.41, 5.74) is 0.674. The van der Waals surface area contributed by atoms with E-state index >= 15 is 0 Å². The number of carbonyl (C=O) groups excluding carboxylic acids is 2. The predicted octanol–water partition coefficient (Wildman–Crippen LogP) is 4.07. The summed E-state index contributed by atoms with van der Waals surface area (Å²) in [5, 5.41) is 6.85. The summed E-state index contributed by atoms with van der Waals surface area (Å²) in [4.78, 5) is 25.0. The van der Waals surface area contributed by atoms with E-state index in [0.717, 1.165) is 5.56 Å². The monoisotopic (exact) mass is 376 g/mol. The third kappa shape index (κ3) is 4.33. The Bertz CT molecular complexity index is 804. The van der Waals surface area contributed by atoms with Crippen LogP contribution >= 0.6 is 23.2 Å². The molecular formula is C19H18Cl2N2O2. The van der Waals surface area contributed by atoms with Crippen LogP contribution in [0.1, 0.15) is 18.4 Å². The molecule has 2 N–H and O–H groups in total. The second-order valence-corrected chi connectivity index (χ2v) is 7.06. The predicted molar refractivity (Wildman–Crippen MR) is 99.9 cm³/mol. The number of anilines is 1. The van der Waals surface area contributed by atoms with Crippen LogP contribution < -0.4 is 10.6 Å². The molecule has 2 amide bonds. The van der Waals surface area contributed by atoms with Crippen LogP contribution in [-0.4, -0.2) is 18.4 Å². The fourth-order valence-electron chi connectivity index (χ4n) is 2.68. The van der Waals surface area contributed by atoms with Gasteiger partial charge in [0.2, 0.25) is 11.8 Å². The Labute approximate surface area is 156 Å². The lowest BCUT2D eigenvalue weighted by atomic mass is 10.0. The summed E-state index contributed by atoms with van der Waals surface area (Å²) < 4.78 is 0. The molecule has 0 atom stereocenters. The van der Waals surface area contributed by atoms with Crippen molar-refractivity contribution < 1.29 is 9.59 Å². The highest BCUT2D eigenvalue weighted by atomic mass is 35.5. The highest BCUT2D eigenvalue weighted by molar-refractivity contribution is 6.31. The van der Waals surface area contributed by atoms with E-state index in [1.807, 2.05) is 24.3 Å². The van der Waals surface area contributed by atoms with Crippen molar-refractivity contribution in [2.75, 3.05) is 11.9 Å². The van der Waals surface area contributed by atoms with E-state index in [2.05, 4.69) is 10.6 Å². The minimum Gasteiger partial charge on any atom is -0.355 e. The fraction of sp³-hybridized carbons (Fsp3) is 0.263. The van der Waals surface area contributed by atoms with Crippen LogP contribution in [0, 0.1) is 5.41 Å². The molecule has 1 aliphatic carbocycles. The lowest BCUT2D eigenvalue weighted by molar-refractivity contribution is -0.134. The number of nitrogens with one attached hydrogen (secondary N) is 2. The molecule has 0 aliphatic heterocycles. The quantitative estimate of drug-likeness (QED) is 0.746. The van der Waals surface area contributed by atoms with Gasteiger partial charge >= 0.3 is 0 Å². The van der Waals surface area contributed by atoms with Crippen LogP contribution in [0.5, 0.6) is 0 Å². The van der Waals surface area contributed by atoms with Crippen LogP contribution in [-0.2, 0) is 16.0 Å². The number of carbonyl (C=O) groups is 2. The normalized spacial score (nSPS) is 14.6. The molecule has 1 fully saturated rings. The van der Waals surface area contributed by atoms with Crippen molar-refractivity contribution in [1.29, 1.82) is 0 Å². The Morgan fingerprint density at radius 3 is 2.28 bits per heavy atom. The maximum Gasteiger partial charge on any atom is 0.240 e. The highest BCUT2D eigenvalue weighted by Gasteiger charge is 2.56. The molecule has 1 saturated carbocycles. The van der Waals surface area contributed by atoms with Crippen molar-refractivity contribution in [2.24, 2.45) is 5.41 Å². The molecule has 0 aromatic heterocycles. The summed E-state index contributed by atoms with van der Waals surface area (Å²) in [6, 6.07) is 14.4. The van der Waals surface area contributed by atoms with Gasteiger partial charge in [-0.25, -0.2) is 0 Å². The zero-order chi connectivity index (χ0) is 17.9. The number of hydrogen-bond donors (Lipinski definition) is 2. The van der Waals surface area contributed by atoms with Gasteiger partial charge < -0.3 is 10.6 Å². The first-order valence-electron chi connectivity index (χ1n) is 8.09. The molecule has 0 heterocycles. The summed E-state index contributed by atoms with van der Waals surface area (Å²) >= 11 is 11.9. The van der Waals surface area contributed by atoms with Gasteiger partial charge in [0.25, 0.3) is 0 Å². The molecule has 2 aromatic rings. The van der Waals surface area contributed by atoms with E-state index in [9.17, 15) is 9.59 Å². The van der Waals surface area contributed by atoms with Gasteiger partial charge in [0, 0.05) is 22.3 Å². The van der Waals surface area contributed by atoms with Gasteiger partial charge in [0.15, 0.2) is 0 Å². The summed E-state index contributed by atoms with van der Waals surface area (Å²) in [5.74, 6) is -0.510. The van der Waals surface area contributed by atoms with Crippen molar-refractivity contribution >= 4 is 40.7 Å². The average molecular weight is 377 g/mol. The van der Waals surface area contributed by atoms with Crippen molar-refractivity contribution in [3.05, 3.63) is 64.1 Å². The Morgan fingerprint density at radius 2 is 1.64 bits per heavy atom. The van der Waals surface area contributed by atoms with Crippen LogP contribution in [0.2, 0.25) is 10.0 Å². The SMILES string of the molecule is O=C(NCCc1cccc(Cl)c1)C1(C(=O)Nc2cccc(Cl)c2)CC1. The van der Waals surface area contributed by atoms with E-state index < -0.39 is 5.41 Å². The molecule has 0 radical (unpaired) electrons. The minimum absolute atomic E-state index is 0.228. The molecule has 0 spiro atoms. The Hall–Kier alpha value is -2.04. The maximum atomic E-state index is 12.5. The van der Waals surface area contributed by atoms with Crippen LogP contribution in [0.15, 0.2) is 48.5 Å². The largest absolute Gasteiger partial charge is 0.355 e. The third-order valence-electron chi connectivity index (χ3n) is 4.29. The number of hydrogen-bond acceptors (Lipinski definition) is 2. The molecule has 3 rings (SSSR count). The zero-order valence-corrected chi connectivity index (χ0v) is 15.0. The van der Waals surface area contributed by atoms with Gasteiger partial charge in [-0.2, -0.15) is 0 Å². The summed E-state index contributed by atoms with van der Waals surface area (Å²) in [7, 11) is 0. The lowest BCUT2D eigenvalue weighted by Crippen LogP contribution is -2.40. The first-order chi connectivity index (χ1) is 12.0. The zero-order valence-electron chi connectivity index (χ0n) is 13.5. The number of amides is 2. The first-order valence-corrected chi connectivity index (χ1v) is 8.85. The molecule has 0 bridgehead atoms. The van der Waals surface area contributed by atoms with Gasteiger partial charge in [-0.05, 0) is 55.2 Å². The highest BCUT2D eigenvalue weighted by Crippen LogP contribution is 2.46. The molecule has 0 unspecified atom stereocenters. The molecular weight excluding hydrogens is 359 g/mol. The van der Waals surface area contributed by atoms with Gasteiger partial charge in [-0.15, -0.1) is 0 Å². The molecule has 0 saturated heterocycles. The molecule has 4 nitrogen and oxygen atoms in total. The summed E-state index contributed by atoms with van der Waals surface area (Å²) in [6.45, 7) is 0.464. The molecule has 2 aromatic carbocycles. The van der Waals surface area contributed by atoms with Crippen LogP contribution in [0.4, 0.5) is 5.69 Å². The van der Waals surface area contributed by atoms with Crippen molar-refractivity contribution in [1.82, 2.24) is 5.32 Å². The Kier molecular flexibility index (Phi) is 5.30. The van der Waals surface area contributed by atoms with Crippen LogP contribution in [0.3, 0.4) is 0 Å². The van der Waals surface area contributed by atoms with Gasteiger partial charge in [0.1, 0.15) is 5.41 Å². The second-order valence-electron chi connectivity index (χ2n) is 6.18. The molecule has 130 valence electrons. The smallest absolute Gasteiger partial charge is 0.240 e. The van der Waals surface area contributed by atoms with E-state index in [4.69, 9.17) is 23.2 Å². The average Bonchev–Trinajstić information content (AvgIpc) is 3.37. The van der Waals surface area contributed by atoms with Gasteiger partial charge in [-0.1, -0.05) is 41.4 Å². The topological polar surface area (TPSA) is 58.2 Å². The van der Waals surface area contributed by atoms with E-state index in [1.54, 1.807) is 24.3 Å². The Morgan fingerprint density at radius 1 is 0.960 bits per heavy atom. The molecule has 1 aliphatic rings. The van der Waals surface area contributed by atoms with Gasteiger partial charge in [-0.3, -0.25) is 9.59 Å². The lowest BCUT2D eigenvalue weighted by Gasteiger charge is -2.15. The molecule has 6 heteroatoms. The maximum absolute atomic E-state index is 12.5. The molecule has 25 heavy (non-hydrogen) atoms. The van der Waals surface area contributed by atoms with Gasteiger partial charge in [0.05, 0.1) is 0 Å².